The number of nitrogens with one attached hydrogen (secondary N) is 1. The molecule has 0 aliphatic heterocycles. The molecule has 0 aromatic rings. The lowest BCUT2D eigenvalue weighted by atomic mass is 10.3. The minimum absolute atomic E-state index is 0.307. The number of carbonyl (C=O) groups is 1. The van der Waals surface area contributed by atoms with E-state index in [1.165, 1.54) is 20.0 Å². The maximum Gasteiger partial charge on any atom is 0.407 e. The van der Waals surface area contributed by atoms with Crippen LogP contribution in [0.1, 0.15) is 19.3 Å². The summed E-state index contributed by atoms with van der Waals surface area (Å²) < 4.78 is 5.08. The summed E-state index contributed by atoms with van der Waals surface area (Å²) in [5.74, 6) is 0. The Labute approximate surface area is 80.0 Å². The van der Waals surface area contributed by atoms with Crippen molar-refractivity contribution in [3.63, 3.8) is 0 Å². The summed E-state index contributed by atoms with van der Waals surface area (Å²) in [5, 5.41) is 2.81. The normalized spacial score (nSPS) is 30.0. The Kier molecular flexibility index (Phi) is 3.42. The molecule has 1 fully saturated rings. The van der Waals surface area contributed by atoms with Gasteiger partial charge in [-0.3, -0.25) is 0 Å². The van der Waals surface area contributed by atoms with Crippen LogP contribution < -0.4 is 5.32 Å². The largest absolute Gasteiger partial charge is 0.453 e. The van der Waals surface area contributed by atoms with Crippen molar-refractivity contribution in [2.24, 2.45) is 0 Å². The molecule has 1 amide bonds. The average molecular weight is 269 g/mol. The second-order valence-corrected chi connectivity index (χ2v) is 4.29. The first-order valence-corrected chi connectivity index (χ1v) is 4.97. The Morgan fingerprint density at radius 2 is 2.36 bits per heavy atom. The summed E-state index contributed by atoms with van der Waals surface area (Å²) in [7, 11) is 1.40. The molecule has 0 saturated heterocycles. The van der Waals surface area contributed by atoms with Gasteiger partial charge in [0, 0.05) is 9.97 Å². The zero-order chi connectivity index (χ0) is 8.27. The lowest BCUT2D eigenvalue weighted by Gasteiger charge is -2.14. The van der Waals surface area contributed by atoms with Gasteiger partial charge in [-0.25, -0.2) is 4.79 Å². The summed E-state index contributed by atoms with van der Waals surface area (Å²) in [4.78, 5) is 10.8. The Balaban J connectivity index is 2.30. The van der Waals surface area contributed by atoms with Gasteiger partial charge in [-0.2, -0.15) is 0 Å². The first-order chi connectivity index (χ1) is 5.24. The lowest BCUT2D eigenvalue weighted by Crippen LogP contribution is -2.37. The van der Waals surface area contributed by atoms with E-state index in [2.05, 4.69) is 32.6 Å². The summed E-state index contributed by atoms with van der Waals surface area (Å²) in [5.41, 5.74) is 0. The van der Waals surface area contributed by atoms with Crippen molar-refractivity contribution >= 4 is 28.7 Å². The molecular formula is C7H12INO2. The molecule has 3 nitrogen and oxygen atoms in total. The van der Waals surface area contributed by atoms with Crippen molar-refractivity contribution in [3.05, 3.63) is 0 Å². The number of hydrogen-bond donors (Lipinski definition) is 1. The monoisotopic (exact) mass is 269 g/mol. The number of alkyl carbamates (subject to hydrolysis) is 1. The van der Waals surface area contributed by atoms with E-state index in [0.717, 1.165) is 6.42 Å². The zero-order valence-electron chi connectivity index (χ0n) is 6.47. The van der Waals surface area contributed by atoms with Gasteiger partial charge >= 0.3 is 6.09 Å². The van der Waals surface area contributed by atoms with Crippen LogP contribution in [0.4, 0.5) is 4.79 Å². The van der Waals surface area contributed by atoms with Crippen LogP contribution in [0.5, 0.6) is 0 Å². The highest BCUT2D eigenvalue weighted by Gasteiger charge is 2.26. The molecule has 0 heterocycles. The van der Waals surface area contributed by atoms with Crippen LogP contribution in [0.3, 0.4) is 0 Å². The van der Waals surface area contributed by atoms with Crippen LogP contribution in [0.25, 0.3) is 0 Å². The maximum absolute atomic E-state index is 10.8. The number of methoxy groups -OCH3 is 1. The highest BCUT2D eigenvalue weighted by molar-refractivity contribution is 14.1. The fraction of sp³-hybridized carbons (Fsp3) is 0.857. The van der Waals surface area contributed by atoms with E-state index in [-0.39, 0.29) is 6.09 Å². The Bertz CT molecular complexity index is 151. The minimum Gasteiger partial charge on any atom is -0.453 e. The standard InChI is InChI=1S/C7H12INO2/c1-11-7(10)9-6-4-2-3-5(6)8/h5-6H,2-4H2,1H3,(H,9,10)/t5-,6-/m1/s1. The van der Waals surface area contributed by atoms with Gasteiger partial charge in [0.15, 0.2) is 0 Å². The molecule has 1 rings (SSSR count). The van der Waals surface area contributed by atoms with Crippen molar-refractivity contribution < 1.29 is 9.53 Å². The average Bonchev–Trinajstić information content (AvgIpc) is 2.37. The number of ether oxygens (including phenoxy) is 1. The van der Waals surface area contributed by atoms with Crippen molar-refractivity contribution in [2.75, 3.05) is 7.11 Å². The van der Waals surface area contributed by atoms with E-state index < -0.39 is 0 Å². The van der Waals surface area contributed by atoms with Crippen LogP contribution in [-0.4, -0.2) is 23.2 Å². The molecule has 1 aliphatic carbocycles. The number of alkyl halides is 1. The predicted molar refractivity (Wildman–Crippen MR) is 51.0 cm³/mol. The molecule has 4 heteroatoms. The highest BCUT2D eigenvalue weighted by Crippen LogP contribution is 2.25. The number of hydrogen-bond acceptors (Lipinski definition) is 2. The predicted octanol–water partition coefficient (Wildman–Crippen LogP) is 1.70. The lowest BCUT2D eigenvalue weighted by molar-refractivity contribution is 0.167. The van der Waals surface area contributed by atoms with Gasteiger partial charge in [-0.15, -0.1) is 0 Å². The van der Waals surface area contributed by atoms with E-state index in [1.807, 2.05) is 0 Å². The van der Waals surface area contributed by atoms with Gasteiger partial charge in [0.1, 0.15) is 0 Å². The van der Waals surface area contributed by atoms with Gasteiger partial charge in [-0.05, 0) is 12.8 Å². The van der Waals surface area contributed by atoms with Crippen LogP contribution >= 0.6 is 22.6 Å². The van der Waals surface area contributed by atoms with E-state index in [4.69, 9.17) is 0 Å². The quantitative estimate of drug-likeness (QED) is 0.581. The Morgan fingerprint density at radius 3 is 2.82 bits per heavy atom. The fourth-order valence-corrected chi connectivity index (χ4v) is 2.27. The number of amides is 1. The molecule has 64 valence electrons. The van der Waals surface area contributed by atoms with Gasteiger partial charge in [0.2, 0.25) is 0 Å². The van der Waals surface area contributed by atoms with Crippen molar-refractivity contribution in [3.8, 4) is 0 Å². The molecule has 0 unspecified atom stereocenters. The molecule has 0 radical (unpaired) electrons. The van der Waals surface area contributed by atoms with Crippen LogP contribution in [0, 0.1) is 0 Å². The third-order valence-electron chi connectivity index (χ3n) is 1.92. The van der Waals surface area contributed by atoms with Crippen molar-refractivity contribution in [2.45, 2.75) is 29.2 Å². The second-order valence-electron chi connectivity index (χ2n) is 2.69. The maximum atomic E-state index is 10.8. The van der Waals surface area contributed by atoms with Crippen molar-refractivity contribution in [1.82, 2.24) is 5.32 Å². The SMILES string of the molecule is COC(=O)N[C@@H]1CCC[C@H]1I. The first-order valence-electron chi connectivity index (χ1n) is 3.72. The summed E-state index contributed by atoms with van der Waals surface area (Å²) in [6.45, 7) is 0. The molecule has 0 aromatic heterocycles. The highest BCUT2D eigenvalue weighted by atomic mass is 127. The van der Waals surface area contributed by atoms with E-state index in [9.17, 15) is 4.79 Å². The van der Waals surface area contributed by atoms with Gasteiger partial charge in [0.05, 0.1) is 7.11 Å². The first kappa shape index (κ1) is 9.09. The molecule has 2 atom stereocenters. The van der Waals surface area contributed by atoms with Crippen LogP contribution in [-0.2, 0) is 4.74 Å². The van der Waals surface area contributed by atoms with Crippen LogP contribution in [0.2, 0.25) is 0 Å². The molecule has 1 saturated carbocycles. The summed E-state index contributed by atoms with van der Waals surface area (Å²) in [6, 6.07) is 0.322. The number of halogens is 1. The van der Waals surface area contributed by atoms with Crippen LogP contribution in [0.15, 0.2) is 0 Å². The molecule has 0 aromatic carbocycles. The van der Waals surface area contributed by atoms with Gasteiger partial charge in [-0.1, -0.05) is 29.0 Å². The summed E-state index contributed by atoms with van der Waals surface area (Å²) in [6.07, 6.45) is 3.19. The van der Waals surface area contributed by atoms with Gasteiger partial charge < -0.3 is 10.1 Å². The van der Waals surface area contributed by atoms with Gasteiger partial charge in [0.25, 0.3) is 0 Å². The minimum atomic E-state index is -0.307. The second kappa shape index (κ2) is 4.13. The smallest absolute Gasteiger partial charge is 0.407 e. The third kappa shape index (κ3) is 2.50. The molecule has 11 heavy (non-hydrogen) atoms. The van der Waals surface area contributed by atoms with Crippen molar-refractivity contribution in [1.29, 1.82) is 0 Å². The molecular weight excluding hydrogens is 257 g/mol. The fourth-order valence-electron chi connectivity index (χ4n) is 1.29. The van der Waals surface area contributed by atoms with E-state index in [0.29, 0.717) is 9.97 Å². The molecule has 0 spiro atoms. The Hall–Kier alpha value is 0. The molecule has 1 aliphatic rings. The molecule has 1 N–H and O–H groups in total. The van der Waals surface area contributed by atoms with E-state index in [1.54, 1.807) is 0 Å². The van der Waals surface area contributed by atoms with E-state index >= 15 is 0 Å². The number of rotatable bonds is 1. The number of carbonyl (C=O) groups excluding carboxylic acids is 1. The zero-order valence-corrected chi connectivity index (χ0v) is 8.63. The topological polar surface area (TPSA) is 38.3 Å². The summed E-state index contributed by atoms with van der Waals surface area (Å²) >= 11 is 2.37. The molecule has 0 bridgehead atoms. The third-order valence-corrected chi connectivity index (χ3v) is 3.41. The Morgan fingerprint density at radius 1 is 1.64 bits per heavy atom.